The van der Waals surface area contributed by atoms with Gasteiger partial charge in [-0.25, -0.2) is 4.39 Å². The third kappa shape index (κ3) is 4.61. The minimum Gasteiger partial charge on any atom is -0.341 e. The third-order valence-corrected chi connectivity index (χ3v) is 7.17. The third-order valence-electron chi connectivity index (χ3n) is 7.17. The van der Waals surface area contributed by atoms with E-state index in [2.05, 4.69) is 10.2 Å². The fourth-order valence-corrected chi connectivity index (χ4v) is 5.14. The molecular formula is C27H33FN4O3. The van der Waals surface area contributed by atoms with Crippen molar-refractivity contribution in [3.05, 3.63) is 65.5 Å². The lowest BCUT2D eigenvalue weighted by molar-refractivity contribution is -0.139. The van der Waals surface area contributed by atoms with Gasteiger partial charge in [0.1, 0.15) is 17.4 Å². The van der Waals surface area contributed by atoms with E-state index in [9.17, 15) is 18.8 Å². The molecule has 2 aromatic rings. The molecule has 35 heavy (non-hydrogen) atoms. The summed E-state index contributed by atoms with van der Waals surface area (Å²) < 4.78 is 14.2. The van der Waals surface area contributed by atoms with Crippen molar-refractivity contribution in [2.24, 2.45) is 5.92 Å². The van der Waals surface area contributed by atoms with Gasteiger partial charge in [0.2, 0.25) is 11.8 Å². The van der Waals surface area contributed by atoms with Gasteiger partial charge in [-0.3, -0.25) is 14.4 Å². The van der Waals surface area contributed by atoms with Gasteiger partial charge in [-0.1, -0.05) is 43.7 Å². The van der Waals surface area contributed by atoms with E-state index in [0.29, 0.717) is 32.6 Å². The summed E-state index contributed by atoms with van der Waals surface area (Å²) in [5.74, 6) is -1.55. The molecule has 2 heterocycles. The highest BCUT2D eigenvalue weighted by Gasteiger charge is 2.53. The topological polar surface area (TPSA) is 73.0 Å². The van der Waals surface area contributed by atoms with E-state index in [0.717, 1.165) is 11.3 Å². The Hall–Kier alpha value is -3.42. The molecule has 2 saturated heterocycles. The van der Waals surface area contributed by atoms with Crippen LogP contribution >= 0.6 is 0 Å². The fraction of sp³-hybridized carbons (Fsp3) is 0.444. The zero-order valence-corrected chi connectivity index (χ0v) is 20.8. The predicted molar refractivity (Wildman–Crippen MR) is 132 cm³/mol. The van der Waals surface area contributed by atoms with Crippen molar-refractivity contribution in [2.45, 2.75) is 45.2 Å². The number of benzene rings is 2. The van der Waals surface area contributed by atoms with Gasteiger partial charge < -0.3 is 20.0 Å². The van der Waals surface area contributed by atoms with Gasteiger partial charge in [0.25, 0.3) is 5.91 Å². The van der Waals surface area contributed by atoms with E-state index in [4.69, 9.17) is 0 Å². The van der Waals surface area contributed by atoms with Crippen LogP contribution in [-0.2, 0) is 9.59 Å². The molecule has 2 aliphatic rings. The van der Waals surface area contributed by atoms with Crippen LogP contribution in [0.2, 0.25) is 0 Å². The molecule has 2 aliphatic heterocycles. The molecule has 2 fully saturated rings. The van der Waals surface area contributed by atoms with Crippen molar-refractivity contribution in [3.63, 3.8) is 0 Å². The molecule has 0 bridgehead atoms. The lowest BCUT2D eigenvalue weighted by Gasteiger charge is -2.44. The molecule has 2 aromatic carbocycles. The number of aryl methyl sites for hydroxylation is 1. The molecule has 3 amide bonds. The minimum absolute atomic E-state index is 0.0667. The number of rotatable bonds is 5. The van der Waals surface area contributed by atoms with Gasteiger partial charge in [0.15, 0.2) is 0 Å². The summed E-state index contributed by atoms with van der Waals surface area (Å²) in [6, 6.07) is 13.4. The second-order valence-corrected chi connectivity index (χ2v) is 9.94. The van der Waals surface area contributed by atoms with Gasteiger partial charge in [0.05, 0.1) is 12.2 Å². The Morgan fingerprint density at radius 1 is 1.06 bits per heavy atom. The molecule has 1 unspecified atom stereocenters. The summed E-state index contributed by atoms with van der Waals surface area (Å²) in [5, 5.41) is 2.75. The first-order valence-electron chi connectivity index (χ1n) is 12.1. The van der Waals surface area contributed by atoms with Crippen molar-refractivity contribution in [1.29, 1.82) is 0 Å². The largest absolute Gasteiger partial charge is 0.341 e. The molecule has 0 aromatic heterocycles. The van der Waals surface area contributed by atoms with Crippen LogP contribution in [0.3, 0.4) is 0 Å². The van der Waals surface area contributed by atoms with Gasteiger partial charge in [0, 0.05) is 25.8 Å². The van der Waals surface area contributed by atoms with Gasteiger partial charge >= 0.3 is 0 Å². The van der Waals surface area contributed by atoms with Gasteiger partial charge in [-0.05, 0) is 49.9 Å². The van der Waals surface area contributed by atoms with Crippen LogP contribution in [0.1, 0.15) is 42.6 Å². The number of likely N-dealkylation sites (N-methyl/N-ethyl adjacent to an activating group) is 1. The molecule has 0 radical (unpaired) electrons. The van der Waals surface area contributed by atoms with Crippen molar-refractivity contribution >= 4 is 23.4 Å². The van der Waals surface area contributed by atoms with Crippen LogP contribution in [0.25, 0.3) is 0 Å². The fourth-order valence-electron chi connectivity index (χ4n) is 5.14. The smallest absolute Gasteiger partial charge is 0.254 e. The Kier molecular flexibility index (Phi) is 6.83. The number of carbonyl (C=O) groups is 3. The average molecular weight is 481 g/mol. The number of nitrogens with zero attached hydrogens (tertiary/aromatic N) is 3. The van der Waals surface area contributed by atoms with E-state index in [1.165, 1.54) is 12.1 Å². The number of piperidine rings is 1. The van der Waals surface area contributed by atoms with E-state index in [1.807, 2.05) is 44.2 Å². The number of nitrogens with one attached hydrogen (secondary N) is 1. The summed E-state index contributed by atoms with van der Waals surface area (Å²) in [4.78, 5) is 45.1. The Bertz CT molecular complexity index is 1110. The van der Waals surface area contributed by atoms with Gasteiger partial charge in [-0.2, -0.15) is 0 Å². The second kappa shape index (κ2) is 9.68. The Balaban J connectivity index is 1.49. The molecule has 0 saturated carbocycles. The molecule has 8 heteroatoms. The normalized spacial score (nSPS) is 18.3. The summed E-state index contributed by atoms with van der Waals surface area (Å²) >= 11 is 0. The number of anilines is 1. The second-order valence-electron chi connectivity index (χ2n) is 9.94. The lowest BCUT2D eigenvalue weighted by Crippen LogP contribution is -2.60. The standard InChI is InChI=1S/C27H33FN4O3/c1-18(2)23(29-24(33)21-16-19(3)10-11-22(21)28)25(34)31-14-12-27(13-15-31)26(35)30(4)17-32(27)20-8-6-5-7-9-20/h5-11,16,18,23H,12-15,17H2,1-4H3,(H,29,33). The zero-order chi connectivity index (χ0) is 25.3. The van der Waals surface area contributed by atoms with E-state index in [-0.39, 0.29) is 23.3 Å². The Morgan fingerprint density at radius 2 is 1.71 bits per heavy atom. The van der Waals surface area contributed by atoms with Crippen molar-refractivity contribution in [3.8, 4) is 0 Å². The molecule has 1 atom stereocenters. The minimum atomic E-state index is -0.788. The highest BCUT2D eigenvalue weighted by atomic mass is 19.1. The van der Waals surface area contributed by atoms with Crippen LogP contribution in [0.15, 0.2) is 48.5 Å². The number of hydrogen-bond acceptors (Lipinski definition) is 4. The lowest BCUT2D eigenvalue weighted by atomic mass is 9.85. The molecule has 1 spiro atoms. The number of hydrogen-bond donors (Lipinski definition) is 1. The Labute approximate surface area is 205 Å². The maximum atomic E-state index is 14.2. The highest BCUT2D eigenvalue weighted by molar-refractivity contribution is 5.98. The summed E-state index contributed by atoms with van der Waals surface area (Å²) in [7, 11) is 1.80. The number of amides is 3. The van der Waals surface area contributed by atoms with E-state index in [1.54, 1.807) is 29.8 Å². The maximum absolute atomic E-state index is 14.2. The van der Waals surface area contributed by atoms with E-state index < -0.39 is 23.3 Å². The zero-order valence-electron chi connectivity index (χ0n) is 20.8. The molecule has 7 nitrogen and oxygen atoms in total. The first kappa shape index (κ1) is 24.7. The van der Waals surface area contributed by atoms with Gasteiger partial charge in [-0.15, -0.1) is 0 Å². The number of halogens is 1. The molecular weight excluding hydrogens is 447 g/mol. The quantitative estimate of drug-likeness (QED) is 0.714. The van der Waals surface area contributed by atoms with Crippen LogP contribution in [0.5, 0.6) is 0 Å². The van der Waals surface area contributed by atoms with Crippen LogP contribution < -0.4 is 10.2 Å². The first-order chi connectivity index (χ1) is 16.6. The van der Waals surface area contributed by atoms with Crippen molar-refractivity contribution in [1.82, 2.24) is 15.1 Å². The Morgan fingerprint density at radius 3 is 2.34 bits per heavy atom. The number of para-hydroxylation sites is 1. The predicted octanol–water partition coefficient (Wildman–Crippen LogP) is 3.19. The SMILES string of the molecule is Cc1ccc(F)c(C(=O)NC(C(=O)N2CCC3(CC2)C(=O)N(C)CN3c2ccccc2)C(C)C)c1. The number of carbonyl (C=O) groups excluding carboxylic acids is 3. The van der Waals surface area contributed by atoms with Crippen LogP contribution in [0.4, 0.5) is 10.1 Å². The monoisotopic (exact) mass is 480 g/mol. The van der Waals surface area contributed by atoms with Crippen molar-refractivity contribution in [2.75, 3.05) is 31.7 Å². The maximum Gasteiger partial charge on any atom is 0.254 e. The molecule has 186 valence electrons. The van der Waals surface area contributed by atoms with Crippen LogP contribution in [0, 0.1) is 18.7 Å². The molecule has 0 aliphatic carbocycles. The highest BCUT2D eigenvalue weighted by Crippen LogP contribution is 2.39. The number of likely N-dealkylation sites (tertiary alicyclic amines) is 1. The summed E-state index contributed by atoms with van der Waals surface area (Å²) in [5.41, 5.74) is 0.991. The van der Waals surface area contributed by atoms with E-state index >= 15 is 0 Å². The average Bonchev–Trinajstić information content (AvgIpc) is 3.09. The molecule has 4 rings (SSSR count). The summed E-state index contributed by atoms with van der Waals surface area (Å²) in [6.45, 7) is 6.80. The van der Waals surface area contributed by atoms with Crippen molar-refractivity contribution < 1.29 is 18.8 Å². The first-order valence-corrected chi connectivity index (χ1v) is 12.1. The van der Waals surface area contributed by atoms with Crippen LogP contribution in [-0.4, -0.2) is 65.9 Å². The molecule has 1 N–H and O–H groups in total. The summed E-state index contributed by atoms with van der Waals surface area (Å²) in [6.07, 6.45) is 1.00.